The second kappa shape index (κ2) is 14.7. The number of carbonyl (C=O) groups excluding carboxylic acids is 1. The molecule has 1 aromatic carbocycles. The zero-order valence-electron chi connectivity index (χ0n) is 33.2. The molecule has 1 aliphatic heterocycles. The summed E-state index contributed by atoms with van der Waals surface area (Å²) in [6.07, 6.45) is 8.73. The van der Waals surface area contributed by atoms with E-state index < -0.39 is 28.8 Å². The van der Waals surface area contributed by atoms with Gasteiger partial charge in [0, 0.05) is 24.3 Å². The lowest BCUT2D eigenvalue weighted by molar-refractivity contribution is -0.266. The molecule has 1 saturated heterocycles. The molecule has 0 spiro atoms. The first-order valence-electron chi connectivity index (χ1n) is 19.8. The van der Waals surface area contributed by atoms with Gasteiger partial charge in [-0.15, -0.1) is 0 Å². The van der Waals surface area contributed by atoms with Crippen LogP contribution in [0.2, 0.25) is 0 Å². The third-order valence-corrected chi connectivity index (χ3v) is 15.5. The molecule has 1 heterocycles. The lowest BCUT2D eigenvalue weighted by Crippen LogP contribution is -2.70. The van der Waals surface area contributed by atoms with Crippen molar-refractivity contribution in [3.63, 3.8) is 0 Å². The number of rotatable bonds is 10. The van der Waals surface area contributed by atoms with Gasteiger partial charge in [0.25, 0.3) is 0 Å². The summed E-state index contributed by atoms with van der Waals surface area (Å²) in [7, 11) is 0. The Hall–Kier alpha value is -3.42. The fourth-order valence-electron chi connectivity index (χ4n) is 12.5. The van der Waals surface area contributed by atoms with Crippen molar-refractivity contribution >= 4 is 17.9 Å². The van der Waals surface area contributed by atoms with Gasteiger partial charge >= 0.3 is 11.9 Å². The van der Waals surface area contributed by atoms with Gasteiger partial charge in [-0.1, -0.05) is 90.4 Å². The number of nitrogens with zero attached hydrogens (tertiary/aromatic N) is 2. The maximum atomic E-state index is 13.4. The van der Waals surface area contributed by atoms with E-state index in [1.807, 2.05) is 36.5 Å². The number of nitriles is 1. The van der Waals surface area contributed by atoms with Crippen molar-refractivity contribution in [1.82, 2.24) is 10.6 Å². The van der Waals surface area contributed by atoms with Crippen LogP contribution in [-0.2, 0) is 30.3 Å². The fraction of sp³-hybridized carbons (Fsp3) is 0.721. The lowest BCUT2D eigenvalue weighted by atomic mass is 9.34. The highest BCUT2D eigenvalue weighted by Crippen LogP contribution is 2.75. The molecular weight excluding hydrogens is 668 g/mol. The highest BCUT2D eigenvalue weighted by atomic mass is 16.6. The van der Waals surface area contributed by atoms with Crippen molar-refractivity contribution in [2.24, 2.45) is 61.7 Å². The molecule has 4 aliphatic carbocycles. The van der Waals surface area contributed by atoms with Gasteiger partial charge in [-0.05, 0) is 84.0 Å². The number of guanidine groups is 1. The minimum absolute atomic E-state index is 0.197. The largest absolute Gasteiger partial charge is 0.481 e. The molecule has 2 bridgehead atoms. The molecule has 1 aromatic rings. The summed E-state index contributed by atoms with van der Waals surface area (Å²) < 4.78 is 19.5. The Kier molecular flexibility index (Phi) is 10.9. The third-order valence-electron chi connectivity index (χ3n) is 15.5. The van der Waals surface area contributed by atoms with Gasteiger partial charge in [-0.2, -0.15) is 5.26 Å². The maximum Gasteiger partial charge on any atom is 0.307 e. The first-order valence-corrected chi connectivity index (χ1v) is 19.8. The van der Waals surface area contributed by atoms with E-state index >= 15 is 0 Å². The molecule has 11 atom stereocenters. The molecule has 0 aromatic heterocycles. The minimum atomic E-state index is -0.661. The average molecular weight is 731 g/mol. The Morgan fingerprint density at radius 1 is 1.08 bits per heavy atom. The van der Waals surface area contributed by atoms with Crippen molar-refractivity contribution in [3.05, 3.63) is 47.5 Å². The molecule has 4 fully saturated rings. The van der Waals surface area contributed by atoms with Crippen LogP contribution in [0.4, 0.5) is 0 Å². The highest BCUT2D eigenvalue weighted by molar-refractivity contribution is 5.81. The number of hydrogen-bond acceptors (Lipinski definition) is 7. The Morgan fingerprint density at radius 3 is 2.47 bits per heavy atom. The number of hydrogen-bond donors (Lipinski definition) is 3. The van der Waals surface area contributed by atoms with E-state index in [1.54, 1.807) is 0 Å². The van der Waals surface area contributed by atoms with E-state index in [-0.39, 0.29) is 46.1 Å². The van der Waals surface area contributed by atoms with Gasteiger partial charge in [0.15, 0.2) is 6.19 Å². The number of carbonyl (C=O) groups is 2. The molecule has 5 aliphatic rings. The number of nitrogens with one attached hydrogen (secondary N) is 2. The maximum absolute atomic E-state index is 13.4. The Labute approximate surface area is 316 Å². The van der Waals surface area contributed by atoms with Crippen LogP contribution < -0.4 is 10.6 Å². The topological polar surface area (TPSA) is 142 Å². The van der Waals surface area contributed by atoms with Gasteiger partial charge in [0.1, 0.15) is 12.2 Å². The smallest absolute Gasteiger partial charge is 0.307 e. The second-order valence-electron chi connectivity index (χ2n) is 18.3. The Bertz CT molecular complexity index is 1640. The monoisotopic (exact) mass is 730 g/mol. The number of allylic oxidation sites excluding steroid dienone is 1. The number of aliphatic imine (C=N–C) groups is 1. The van der Waals surface area contributed by atoms with Crippen molar-refractivity contribution in [2.45, 2.75) is 113 Å². The van der Waals surface area contributed by atoms with E-state index in [2.05, 4.69) is 70.2 Å². The van der Waals surface area contributed by atoms with Crippen LogP contribution in [0.25, 0.3) is 0 Å². The molecule has 10 nitrogen and oxygen atoms in total. The molecule has 290 valence electrons. The zero-order chi connectivity index (χ0) is 38.4. The van der Waals surface area contributed by atoms with E-state index in [1.165, 1.54) is 12.5 Å². The summed E-state index contributed by atoms with van der Waals surface area (Å²) in [6, 6.07) is 9.85. The van der Waals surface area contributed by atoms with Crippen molar-refractivity contribution in [1.29, 1.82) is 5.26 Å². The predicted octanol–water partition coefficient (Wildman–Crippen LogP) is 7.11. The van der Waals surface area contributed by atoms with Crippen LogP contribution in [0.15, 0.2) is 47.0 Å². The first kappa shape index (κ1) is 39.3. The van der Waals surface area contributed by atoms with Crippen LogP contribution >= 0.6 is 0 Å². The Balaban J connectivity index is 1.27. The van der Waals surface area contributed by atoms with Crippen molar-refractivity contribution < 1.29 is 28.9 Å². The Morgan fingerprint density at radius 2 is 1.81 bits per heavy atom. The zero-order valence-corrected chi connectivity index (χ0v) is 33.2. The molecule has 53 heavy (non-hydrogen) atoms. The molecule has 3 saturated carbocycles. The number of esters is 1. The summed E-state index contributed by atoms with van der Waals surface area (Å²) in [5, 5.41) is 26.2. The van der Waals surface area contributed by atoms with Crippen LogP contribution in [0.5, 0.6) is 0 Å². The van der Waals surface area contributed by atoms with Gasteiger partial charge in [0.2, 0.25) is 5.96 Å². The average Bonchev–Trinajstić information content (AvgIpc) is 3.10. The number of benzene rings is 1. The lowest BCUT2D eigenvalue weighted by Gasteiger charge is -2.71. The summed E-state index contributed by atoms with van der Waals surface area (Å²) in [5.74, 6) is 0.0989. The van der Waals surface area contributed by atoms with Crippen LogP contribution in [0, 0.1) is 68.1 Å². The van der Waals surface area contributed by atoms with Gasteiger partial charge < -0.3 is 24.6 Å². The summed E-state index contributed by atoms with van der Waals surface area (Å²) in [4.78, 5) is 30.7. The van der Waals surface area contributed by atoms with E-state index in [9.17, 15) is 20.0 Å². The van der Waals surface area contributed by atoms with Gasteiger partial charge in [0.05, 0.1) is 32.3 Å². The molecule has 0 radical (unpaired) electrons. The normalized spacial score (nSPS) is 39.7. The SMILES string of the molecule is CC(=O)O[C@@H]1C[C@@]23COC[C@](C)([C@@H]2CC[C@H]2C3=CC[C@@]3(C)[C@H](C(=O)O)[C@@](C)([C@H](C)C(C)C)CC[C@]23C)[C@H]1OCCNC(=NCc1ccccc1)NC#N. The summed E-state index contributed by atoms with van der Waals surface area (Å²) in [6.45, 7) is 19.6. The van der Waals surface area contributed by atoms with Crippen molar-refractivity contribution in [2.75, 3.05) is 26.4 Å². The number of carboxylic acids is 1. The van der Waals surface area contributed by atoms with E-state index in [4.69, 9.17) is 14.2 Å². The minimum Gasteiger partial charge on any atom is -0.481 e. The number of fused-ring (bicyclic) bond motifs is 3. The molecule has 10 heteroatoms. The number of aliphatic carboxylic acids is 1. The van der Waals surface area contributed by atoms with Crippen LogP contribution in [0.1, 0.15) is 99.5 Å². The predicted molar refractivity (Wildman–Crippen MR) is 203 cm³/mol. The van der Waals surface area contributed by atoms with Crippen LogP contribution in [-0.4, -0.2) is 61.6 Å². The number of ether oxygens (including phenoxy) is 3. The number of carboxylic acid groups (broad SMARTS) is 1. The molecule has 6 rings (SSSR count). The first-order chi connectivity index (χ1) is 25.1. The fourth-order valence-corrected chi connectivity index (χ4v) is 12.5. The quantitative estimate of drug-likeness (QED) is 0.0437. The van der Waals surface area contributed by atoms with E-state index in [0.717, 1.165) is 31.2 Å². The van der Waals surface area contributed by atoms with E-state index in [0.29, 0.717) is 57.6 Å². The van der Waals surface area contributed by atoms with Crippen molar-refractivity contribution in [3.8, 4) is 6.19 Å². The third kappa shape index (κ3) is 6.48. The van der Waals surface area contributed by atoms with Gasteiger partial charge in [-0.3, -0.25) is 14.9 Å². The summed E-state index contributed by atoms with van der Waals surface area (Å²) in [5.41, 5.74) is 0.801. The summed E-state index contributed by atoms with van der Waals surface area (Å²) >= 11 is 0. The molecule has 3 N–H and O–H groups in total. The molecule has 0 amide bonds. The standard InChI is InChI=1S/C43H62N4O6/c1-27(2)28(3)39(5)18-19-41(7)31-14-15-34-40(6)24-51-25-43(34,32(31)16-17-42(41,8)35(39)37(49)50)22-33(53-29(4)48)36(40)52-21-20-45-38(47-26-44)46-23-30-12-10-9-11-13-30/h9-13,16,27-28,31,33-36H,14-15,17-25H2,1-8H3,(H,49,50)(H2,45,46,47)/t28-,31+,33-,34+,35-,36+,39-,40-,41-,42+,43+/m1/s1. The highest BCUT2D eigenvalue weighted by Gasteiger charge is 2.72. The molecular formula is C43H62N4O6. The van der Waals surface area contributed by atoms with Crippen LogP contribution in [0.3, 0.4) is 0 Å². The molecule has 0 unspecified atom stereocenters. The second-order valence-corrected chi connectivity index (χ2v) is 18.3. The van der Waals surface area contributed by atoms with Gasteiger partial charge in [-0.25, -0.2) is 4.99 Å².